The maximum atomic E-state index is 13.4. The van der Waals surface area contributed by atoms with Gasteiger partial charge in [0.15, 0.2) is 5.11 Å². The molecule has 0 atom stereocenters. The molecule has 9 nitrogen and oxygen atoms in total. The van der Waals surface area contributed by atoms with Crippen LogP contribution in [0.2, 0.25) is 0 Å². The first kappa shape index (κ1) is 28.0. The van der Waals surface area contributed by atoms with Crippen LogP contribution in [0.25, 0.3) is 0 Å². The van der Waals surface area contributed by atoms with Crippen molar-refractivity contribution in [3.05, 3.63) is 53.8 Å². The number of thiocarbonyl (C=S) groups is 1. The maximum absolute atomic E-state index is 13.4. The number of carboxylic acids is 1. The molecular weight excluding hydrogens is 529 g/mol. The van der Waals surface area contributed by atoms with Crippen LogP contribution in [0, 0.1) is 5.82 Å². The molecule has 3 rings (SSSR count). The normalized spacial score (nSPS) is 15.2. The number of likely N-dealkylation sites (tertiary alicyclic amines) is 1. The maximum Gasteiger partial charge on any atom is 0.322 e. The molecule has 13 heteroatoms. The van der Waals surface area contributed by atoms with Crippen LogP contribution in [0.3, 0.4) is 0 Å². The average molecular weight is 558 g/mol. The molecule has 0 aromatic heterocycles. The van der Waals surface area contributed by atoms with Crippen molar-refractivity contribution >= 4 is 43.2 Å². The quantitative estimate of drug-likeness (QED) is 0.331. The number of benzene rings is 2. The number of sulfonamides is 1. The monoisotopic (exact) mass is 557 g/mol. The SMILES string of the molecule is CC(C)c1ccc(S(=O)(=O)c2ccc(F)cc2)cc1S(=O)(=O)NC1CCN(C(=S)NCC(=O)O)CC1. The lowest BCUT2D eigenvalue weighted by molar-refractivity contribution is -0.135. The van der Waals surface area contributed by atoms with Gasteiger partial charge in [-0.1, -0.05) is 19.9 Å². The molecule has 0 bridgehead atoms. The average Bonchev–Trinajstić information content (AvgIpc) is 2.82. The number of aliphatic carboxylic acids is 1. The molecule has 0 radical (unpaired) electrons. The summed E-state index contributed by atoms with van der Waals surface area (Å²) in [6.07, 6.45) is 0.859. The van der Waals surface area contributed by atoms with E-state index >= 15 is 0 Å². The first-order valence-corrected chi connectivity index (χ1v) is 14.6. The molecule has 0 spiro atoms. The van der Waals surface area contributed by atoms with E-state index in [9.17, 15) is 26.0 Å². The summed E-state index contributed by atoms with van der Waals surface area (Å²) in [4.78, 5) is 12.0. The van der Waals surface area contributed by atoms with E-state index in [1.165, 1.54) is 12.1 Å². The number of nitrogens with zero attached hydrogens (tertiary/aromatic N) is 1. The van der Waals surface area contributed by atoms with Gasteiger partial charge in [-0.2, -0.15) is 0 Å². The zero-order chi connectivity index (χ0) is 26.7. The second kappa shape index (κ2) is 11.2. The van der Waals surface area contributed by atoms with Gasteiger partial charge >= 0.3 is 5.97 Å². The highest BCUT2D eigenvalue weighted by Gasteiger charge is 2.29. The van der Waals surface area contributed by atoms with E-state index in [2.05, 4.69) is 10.0 Å². The highest BCUT2D eigenvalue weighted by atomic mass is 32.2. The van der Waals surface area contributed by atoms with Crippen molar-refractivity contribution in [2.24, 2.45) is 0 Å². The molecule has 0 unspecified atom stereocenters. The molecule has 0 saturated carbocycles. The fourth-order valence-electron chi connectivity index (χ4n) is 3.89. The molecule has 0 aliphatic carbocycles. The highest BCUT2D eigenvalue weighted by molar-refractivity contribution is 7.91. The van der Waals surface area contributed by atoms with Crippen LogP contribution in [0.15, 0.2) is 57.2 Å². The second-order valence-corrected chi connectivity index (χ2v) is 12.8. The predicted octanol–water partition coefficient (Wildman–Crippen LogP) is 2.48. The van der Waals surface area contributed by atoms with Crippen LogP contribution in [0.1, 0.15) is 38.2 Å². The van der Waals surface area contributed by atoms with Gasteiger partial charge in [0.25, 0.3) is 0 Å². The van der Waals surface area contributed by atoms with E-state index in [-0.39, 0.29) is 27.1 Å². The third-order valence-electron chi connectivity index (χ3n) is 5.83. The topological polar surface area (TPSA) is 133 Å². The lowest BCUT2D eigenvalue weighted by atomic mass is 10.0. The van der Waals surface area contributed by atoms with Gasteiger partial charge in [0, 0.05) is 19.1 Å². The Morgan fingerprint density at radius 3 is 2.22 bits per heavy atom. The molecule has 196 valence electrons. The summed E-state index contributed by atoms with van der Waals surface area (Å²) in [7, 11) is -8.16. The Bertz CT molecular complexity index is 1340. The number of sulfone groups is 1. The zero-order valence-corrected chi connectivity index (χ0v) is 22.2. The zero-order valence-electron chi connectivity index (χ0n) is 19.8. The van der Waals surface area contributed by atoms with Crippen molar-refractivity contribution < 1.29 is 31.1 Å². The summed E-state index contributed by atoms with van der Waals surface area (Å²) in [6, 6.07) is 7.92. The molecule has 3 N–H and O–H groups in total. The third kappa shape index (κ3) is 6.58. The van der Waals surface area contributed by atoms with Gasteiger partial charge in [-0.05, 0) is 72.9 Å². The van der Waals surface area contributed by atoms with Crippen molar-refractivity contribution in [2.45, 2.75) is 53.3 Å². The summed E-state index contributed by atoms with van der Waals surface area (Å²) < 4.78 is 69.0. The molecule has 0 amide bonds. The third-order valence-corrected chi connectivity index (χ3v) is 9.57. The van der Waals surface area contributed by atoms with Crippen LogP contribution in [-0.2, 0) is 24.7 Å². The van der Waals surface area contributed by atoms with Gasteiger partial charge in [0.1, 0.15) is 12.4 Å². The summed E-state index contributed by atoms with van der Waals surface area (Å²) in [5.41, 5.74) is 0.469. The summed E-state index contributed by atoms with van der Waals surface area (Å²) in [5, 5.41) is 11.7. The molecular formula is C23H28FN3O6S3. The van der Waals surface area contributed by atoms with E-state index in [4.69, 9.17) is 17.3 Å². The number of carboxylic acid groups (broad SMARTS) is 1. The Labute approximate surface area is 215 Å². The number of rotatable bonds is 8. The number of hydrogen-bond donors (Lipinski definition) is 3. The van der Waals surface area contributed by atoms with E-state index < -0.39 is 37.7 Å². The van der Waals surface area contributed by atoms with Gasteiger partial charge in [0.2, 0.25) is 19.9 Å². The van der Waals surface area contributed by atoms with Crippen LogP contribution in [0.4, 0.5) is 4.39 Å². The Morgan fingerprint density at radius 1 is 1.08 bits per heavy atom. The molecule has 1 heterocycles. The van der Waals surface area contributed by atoms with Crippen molar-refractivity contribution in [2.75, 3.05) is 19.6 Å². The minimum Gasteiger partial charge on any atom is -0.480 e. The summed E-state index contributed by atoms with van der Waals surface area (Å²) >= 11 is 5.19. The molecule has 36 heavy (non-hydrogen) atoms. The molecule has 2 aromatic rings. The molecule has 1 aliphatic rings. The number of halogens is 1. The van der Waals surface area contributed by atoms with Gasteiger partial charge in [-0.15, -0.1) is 0 Å². The predicted molar refractivity (Wildman–Crippen MR) is 136 cm³/mol. The molecule has 1 aliphatic heterocycles. The number of carbonyl (C=O) groups is 1. The fourth-order valence-corrected chi connectivity index (χ4v) is 7.20. The number of piperidine rings is 1. The van der Waals surface area contributed by atoms with Crippen LogP contribution >= 0.6 is 12.2 Å². The standard InChI is InChI=1S/C23H28FN3O6S3/c1-15(2)20-8-7-19(35(30,31)18-5-3-16(24)4-6-18)13-21(20)36(32,33)26-17-9-11-27(12-10-17)23(34)25-14-22(28)29/h3-8,13,15,17,26H,9-12,14H2,1-2H3,(H,25,34)(H,28,29). The lowest BCUT2D eigenvalue weighted by Gasteiger charge is -2.34. The second-order valence-electron chi connectivity index (χ2n) is 8.75. The smallest absolute Gasteiger partial charge is 0.322 e. The summed E-state index contributed by atoms with van der Waals surface area (Å²) in [5.74, 6) is -1.82. The summed E-state index contributed by atoms with van der Waals surface area (Å²) in [6.45, 7) is 4.17. The Kier molecular flexibility index (Phi) is 8.70. The number of nitrogens with one attached hydrogen (secondary N) is 2. The lowest BCUT2D eigenvalue weighted by Crippen LogP contribution is -2.50. The van der Waals surface area contributed by atoms with Crippen LogP contribution < -0.4 is 10.0 Å². The fraction of sp³-hybridized carbons (Fsp3) is 0.391. The molecule has 1 fully saturated rings. The van der Waals surface area contributed by atoms with E-state index in [1.54, 1.807) is 4.90 Å². The highest BCUT2D eigenvalue weighted by Crippen LogP contribution is 2.30. The van der Waals surface area contributed by atoms with Gasteiger partial charge < -0.3 is 15.3 Å². The van der Waals surface area contributed by atoms with E-state index in [0.29, 0.717) is 36.6 Å². The van der Waals surface area contributed by atoms with Crippen molar-refractivity contribution in [1.82, 2.24) is 14.9 Å². The Hall–Kier alpha value is -2.61. The Morgan fingerprint density at radius 2 is 1.67 bits per heavy atom. The van der Waals surface area contributed by atoms with Crippen molar-refractivity contribution in [3.8, 4) is 0 Å². The van der Waals surface area contributed by atoms with Crippen LogP contribution in [0.5, 0.6) is 0 Å². The minimum atomic E-state index is -4.09. The van der Waals surface area contributed by atoms with E-state index in [1.807, 2.05) is 13.8 Å². The van der Waals surface area contributed by atoms with Gasteiger partial charge in [0.05, 0.1) is 14.7 Å². The minimum absolute atomic E-state index is 0.123. The van der Waals surface area contributed by atoms with Gasteiger partial charge in [-0.25, -0.2) is 25.9 Å². The van der Waals surface area contributed by atoms with Crippen molar-refractivity contribution in [3.63, 3.8) is 0 Å². The molecule has 2 aromatic carbocycles. The molecule has 1 saturated heterocycles. The first-order valence-electron chi connectivity index (χ1n) is 11.2. The first-order chi connectivity index (χ1) is 16.8. The van der Waals surface area contributed by atoms with E-state index in [0.717, 1.165) is 30.3 Å². The Balaban J connectivity index is 1.82. The largest absolute Gasteiger partial charge is 0.480 e. The number of hydrogen-bond acceptors (Lipinski definition) is 6. The van der Waals surface area contributed by atoms with Crippen molar-refractivity contribution in [1.29, 1.82) is 0 Å². The van der Waals surface area contributed by atoms with Gasteiger partial charge in [-0.3, -0.25) is 4.79 Å². The van der Waals surface area contributed by atoms with Crippen LogP contribution in [-0.4, -0.2) is 63.6 Å².